The fourth-order valence-corrected chi connectivity index (χ4v) is 3.71. The summed E-state index contributed by atoms with van der Waals surface area (Å²) in [6.07, 6.45) is 8.30. The van der Waals surface area contributed by atoms with E-state index in [4.69, 9.17) is 4.74 Å². The summed E-state index contributed by atoms with van der Waals surface area (Å²) >= 11 is 0. The molecule has 20 heavy (non-hydrogen) atoms. The molecule has 2 aliphatic rings. The molecule has 1 unspecified atom stereocenters. The van der Waals surface area contributed by atoms with Crippen molar-refractivity contribution in [1.82, 2.24) is 10.2 Å². The summed E-state index contributed by atoms with van der Waals surface area (Å²) in [5.41, 5.74) is 0.265. The molecule has 2 rings (SSSR count). The van der Waals surface area contributed by atoms with Crippen LogP contribution in [0.5, 0.6) is 0 Å². The molecule has 0 radical (unpaired) electrons. The van der Waals surface area contributed by atoms with E-state index in [9.17, 15) is 0 Å². The van der Waals surface area contributed by atoms with Crippen molar-refractivity contribution in [3.8, 4) is 0 Å². The normalized spacial score (nSPS) is 28.6. The Morgan fingerprint density at radius 1 is 1.15 bits per heavy atom. The van der Waals surface area contributed by atoms with E-state index >= 15 is 0 Å². The van der Waals surface area contributed by atoms with Crippen LogP contribution in [0.25, 0.3) is 0 Å². The fourth-order valence-electron chi connectivity index (χ4n) is 3.71. The Hall–Kier alpha value is -0.120. The predicted molar refractivity (Wildman–Crippen MR) is 85.1 cm³/mol. The number of hydrogen-bond donors (Lipinski definition) is 1. The molecule has 1 saturated carbocycles. The molecule has 2 fully saturated rings. The Morgan fingerprint density at radius 3 is 2.60 bits per heavy atom. The second-order valence-corrected chi connectivity index (χ2v) is 7.26. The molecular formula is C17H34N2O. The third-order valence-corrected chi connectivity index (χ3v) is 5.14. The Bertz CT molecular complexity index is 274. The van der Waals surface area contributed by atoms with Crippen molar-refractivity contribution < 1.29 is 4.74 Å². The highest BCUT2D eigenvalue weighted by Gasteiger charge is 2.36. The van der Waals surface area contributed by atoms with Crippen LogP contribution in [0.4, 0.5) is 0 Å². The standard InChI is InChI=1S/C17H34N2O/c1-4-11-20-12-10-19-13-16(18-14-17(19,2)3)15-8-6-5-7-9-15/h15-16,18H,4-14H2,1-3H3. The Kier molecular flexibility index (Phi) is 6.31. The minimum Gasteiger partial charge on any atom is -0.380 e. The van der Waals surface area contributed by atoms with Crippen molar-refractivity contribution in [3.63, 3.8) is 0 Å². The van der Waals surface area contributed by atoms with Gasteiger partial charge in [-0.15, -0.1) is 0 Å². The summed E-state index contributed by atoms with van der Waals surface area (Å²) < 4.78 is 5.70. The maximum Gasteiger partial charge on any atom is 0.0593 e. The summed E-state index contributed by atoms with van der Waals surface area (Å²) in [5, 5.41) is 3.83. The molecule has 0 amide bonds. The quantitative estimate of drug-likeness (QED) is 0.758. The number of nitrogens with zero attached hydrogens (tertiary/aromatic N) is 1. The topological polar surface area (TPSA) is 24.5 Å². The zero-order valence-corrected chi connectivity index (χ0v) is 13.8. The average Bonchev–Trinajstić information content (AvgIpc) is 2.46. The third-order valence-electron chi connectivity index (χ3n) is 5.14. The lowest BCUT2D eigenvalue weighted by atomic mass is 9.81. The molecule has 1 aliphatic heterocycles. The molecule has 0 aromatic carbocycles. The van der Waals surface area contributed by atoms with Gasteiger partial charge >= 0.3 is 0 Å². The van der Waals surface area contributed by atoms with Gasteiger partial charge in [-0.1, -0.05) is 26.2 Å². The zero-order chi connectivity index (χ0) is 14.4. The van der Waals surface area contributed by atoms with Crippen molar-refractivity contribution in [1.29, 1.82) is 0 Å². The molecule has 1 N–H and O–H groups in total. The van der Waals surface area contributed by atoms with Crippen LogP contribution in [0.15, 0.2) is 0 Å². The maximum absolute atomic E-state index is 5.70. The van der Waals surface area contributed by atoms with Crippen LogP contribution in [-0.4, -0.2) is 49.3 Å². The number of piperazine rings is 1. The van der Waals surface area contributed by atoms with E-state index in [-0.39, 0.29) is 5.54 Å². The number of nitrogens with one attached hydrogen (secondary N) is 1. The monoisotopic (exact) mass is 282 g/mol. The fraction of sp³-hybridized carbons (Fsp3) is 1.00. The summed E-state index contributed by atoms with van der Waals surface area (Å²) in [6, 6.07) is 0.703. The van der Waals surface area contributed by atoms with Crippen LogP contribution >= 0.6 is 0 Å². The van der Waals surface area contributed by atoms with E-state index < -0.39 is 0 Å². The van der Waals surface area contributed by atoms with Crippen LogP contribution in [0.3, 0.4) is 0 Å². The summed E-state index contributed by atoms with van der Waals surface area (Å²) in [4.78, 5) is 2.65. The van der Waals surface area contributed by atoms with Crippen LogP contribution < -0.4 is 5.32 Å². The largest absolute Gasteiger partial charge is 0.380 e. The van der Waals surface area contributed by atoms with Crippen molar-refractivity contribution in [3.05, 3.63) is 0 Å². The molecule has 0 bridgehead atoms. The van der Waals surface area contributed by atoms with Gasteiger partial charge in [-0.2, -0.15) is 0 Å². The van der Waals surface area contributed by atoms with Gasteiger partial charge in [0.25, 0.3) is 0 Å². The Balaban J connectivity index is 1.83. The SMILES string of the molecule is CCCOCCN1CC(C2CCCCC2)NCC1(C)C. The van der Waals surface area contributed by atoms with Crippen LogP contribution in [-0.2, 0) is 4.74 Å². The Morgan fingerprint density at radius 2 is 1.90 bits per heavy atom. The van der Waals surface area contributed by atoms with E-state index in [0.29, 0.717) is 6.04 Å². The van der Waals surface area contributed by atoms with Gasteiger partial charge in [0, 0.05) is 37.8 Å². The molecule has 1 heterocycles. The van der Waals surface area contributed by atoms with E-state index in [1.165, 1.54) is 38.6 Å². The first-order valence-corrected chi connectivity index (χ1v) is 8.69. The van der Waals surface area contributed by atoms with Gasteiger partial charge in [0.2, 0.25) is 0 Å². The van der Waals surface area contributed by atoms with Gasteiger partial charge < -0.3 is 10.1 Å². The molecular weight excluding hydrogens is 248 g/mol. The summed E-state index contributed by atoms with van der Waals surface area (Å²) in [5.74, 6) is 0.902. The predicted octanol–water partition coefficient (Wildman–Crippen LogP) is 3.05. The molecule has 1 atom stereocenters. The molecule has 118 valence electrons. The van der Waals surface area contributed by atoms with Gasteiger partial charge in [-0.3, -0.25) is 4.90 Å². The molecule has 0 aromatic rings. The molecule has 1 aliphatic carbocycles. The first-order valence-electron chi connectivity index (χ1n) is 8.69. The molecule has 1 saturated heterocycles. The number of hydrogen-bond acceptors (Lipinski definition) is 3. The van der Waals surface area contributed by atoms with Crippen LogP contribution in [0.1, 0.15) is 59.3 Å². The highest BCUT2D eigenvalue weighted by molar-refractivity contribution is 4.95. The number of ether oxygens (including phenoxy) is 1. The zero-order valence-electron chi connectivity index (χ0n) is 13.8. The van der Waals surface area contributed by atoms with E-state index in [1.54, 1.807) is 0 Å². The van der Waals surface area contributed by atoms with Gasteiger partial charge in [0.1, 0.15) is 0 Å². The second kappa shape index (κ2) is 7.77. The molecule has 0 spiro atoms. The highest BCUT2D eigenvalue weighted by Crippen LogP contribution is 2.30. The smallest absolute Gasteiger partial charge is 0.0593 e. The van der Waals surface area contributed by atoms with Crippen molar-refractivity contribution in [2.24, 2.45) is 5.92 Å². The van der Waals surface area contributed by atoms with Crippen molar-refractivity contribution in [2.75, 3.05) is 32.8 Å². The van der Waals surface area contributed by atoms with Gasteiger partial charge in [0.05, 0.1) is 6.61 Å². The first kappa shape index (κ1) is 16.3. The highest BCUT2D eigenvalue weighted by atomic mass is 16.5. The lowest BCUT2D eigenvalue weighted by Crippen LogP contribution is -2.64. The van der Waals surface area contributed by atoms with E-state index in [2.05, 4.69) is 31.0 Å². The number of rotatable bonds is 6. The van der Waals surface area contributed by atoms with Gasteiger partial charge in [0.15, 0.2) is 0 Å². The molecule has 3 nitrogen and oxygen atoms in total. The first-order chi connectivity index (χ1) is 9.63. The third kappa shape index (κ3) is 4.44. The molecule has 3 heteroatoms. The Labute approximate surface area is 125 Å². The van der Waals surface area contributed by atoms with Crippen molar-refractivity contribution in [2.45, 2.75) is 70.9 Å². The average molecular weight is 282 g/mol. The lowest BCUT2D eigenvalue weighted by Gasteiger charge is -2.48. The molecule has 0 aromatic heterocycles. The van der Waals surface area contributed by atoms with E-state index in [0.717, 1.165) is 38.6 Å². The van der Waals surface area contributed by atoms with Crippen LogP contribution in [0.2, 0.25) is 0 Å². The second-order valence-electron chi connectivity index (χ2n) is 7.26. The lowest BCUT2D eigenvalue weighted by molar-refractivity contribution is 0.0155. The van der Waals surface area contributed by atoms with E-state index in [1.807, 2.05) is 0 Å². The van der Waals surface area contributed by atoms with Crippen LogP contribution in [0, 0.1) is 5.92 Å². The van der Waals surface area contributed by atoms with Gasteiger partial charge in [-0.25, -0.2) is 0 Å². The summed E-state index contributed by atoms with van der Waals surface area (Å²) in [7, 11) is 0. The maximum atomic E-state index is 5.70. The minimum absolute atomic E-state index is 0.265. The minimum atomic E-state index is 0.265. The van der Waals surface area contributed by atoms with Crippen molar-refractivity contribution >= 4 is 0 Å². The van der Waals surface area contributed by atoms with Gasteiger partial charge in [-0.05, 0) is 39.0 Å². The summed E-state index contributed by atoms with van der Waals surface area (Å²) in [6.45, 7) is 12.1.